The maximum absolute atomic E-state index is 10.9. The zero-order chi connectivity index (χ0) is 8.72. The molecule has 4 heteroatoms. The zero-order valence-corrected chi connectivity index (χ0v) is 8.82. The lowest BCUT2D eigenvalue weighted by molar-refractivity contribution is -0.116. The number of nitrogens with one attached hydrogen (secondary N) is 1. The van der Waals surface area contributed by atoms with Crippen LogP contribution in [0.25, 0.3) is 0 Å². The van der Waals surface area contributed by atoms with Gasteiger partial charge in [-0.25, -0.2) is 3.11 Å². The molecule has 1 aliphatic heterocycles. The van der Waals surface area contributed by atoms with Crippen molar-refractivity contribution in [1.82, 2.24) is 8.43 Å². The van der Waals surface area contributed by atoms with Gasteiger partial charge < -0.3 is 5.32 Å². The van der Waals surface area contributed by atoms with Gasteiger partial charge in [0, 0.05) is 42.0 Å². The fourth-order valence-corrected chi connectivity index (χ4v) is 2.82. The molecule has 2 unspecified atom stereocenters. The molecule has 0 bridgehead atoms. The van der Waals surface area contributed by atoms with Crippen molar-refractivity contribution in [3.63, 3.8) is 0 Å². The first-order valence-electron chi connectivity index (χ1n) is 4.06. The van der Waals surface area contributed by atoms with Gasteiger partial charge in [-0.3, -0.25) is 4.79 Å². The van der Waals surface area contributed by atoms with Crippen LogP contribution in [-0.2, 0) is 4.79 Å². The lowest BCUT2D eigenvalue weighted by atomic mass is 10.4. The summed E-state index contributed by atoms with van der Waals surface area (Å²) in [5.41, 5.74) is 0. The number of carbonyl (C=O) groups is 1. The minimum atomic E-state index is -0.0330. The molecule has 2 aliphatic rings. The van der Waals surface area contributed by atoms with Crippen molar-refractivity contribution >= 4 is 28.8 Å². The number of hydrogen-bond acceptors (Lipinski definition) is 2. The predicted octanol–water partition coefficient (Wildman–Crippen LogP) is 0.569. The summed E-state index contributed by atoms with van der Waals surface area (Å²) in [6.45, 7) is 5.66. The van der Waals surface area contributed by atoms with E-state index in [0.29, 0.717) is 17.9 Å². The Morgan fingerprint density at radius 1 is 1.58 bits per heavy atom. The molecule has 1 heterocycles. The van der Waals surface area contributed by atoms with Crippen LogP contribution >= 0.6 is 22.9 Å². The van der Waals surface area contributed by atoms with E-state index in [9.17, 15) is 4.79 Å². The first-order valence-corrected chi connectivity index (χ1v) is 5.02. The number of halogens is 1. The van der Waals surface area contributed by atoms with Gasteiger partial charge in [-0.1, -0.05) is 6.58 Å². The van der Waals surface area contributed by atoms with Crippen LogP contribution < -0.4 is 5.32 Å². The van der Waals surface area contributed by atoms with Crippen molar-refractivity contribution in [3.05, 3.63) is 12.7 Å². The summed E-state index contributed by atoms with van der Waals surface area (Å²) in [5.74, 6) is 1.37. The van der Waals surface area contributed by atoms with Gasteiger partial charge in [-0.05, 0) is 17.9 Å². The molecule has 0 aromatic rings. The van der Waals surface area contributed by atoms with Crippen molar-refractivity contribution in [3.8, 4) is 0 Å². The molecular formula is C8H11IN2O. The summed E-state index contributed by atoms with van der Waals surface area (Å²) in [4.78, 5) is 10.9. The van der Waals surface area contributed by atoms with E-state index in [0.717, 1.165) is 13.1 Å². The Kier molecular flexibility index (Phi) is 2.12. The van der Waals surface area contributed by atoms with E-state index in [1.54, 1.807) is 0 Å². The molecule has 1 aliphatic carbocycles. The summed E-state index contributed by atoms with van der Waals surface area (Å²) in [6.07, 6.45) is 1.34. The van der Waals surface area contributed by atoms with Gasteiger partial charge in [0.1, 0.15) is 0 Å². The van der Waals surface area contributed by atoms with Crippen molar-refractivity contribution < 1.29 is 4.79 Å². The molecule has 1 saturated heterocycles. The van der Waals surface area contributed by atoms with Crippen LogP contribution in [0.4, 0.5) is 0 Å². The summed E-state index contributed by atoms with van der Waals surface area (Å²) in [5, 5.41) is 2.94. The second-order valence-electron chi connectivity index (χ2n) is 3.39. The third-order valence-corrected chi connectivity index (χ3v) is 3.43. The van der Waals surface area contributed by atoms with Gasteiger partial charge in [0.15, 0.2) is 0 Å². The molecule has 0 radical (unpaired) electrons. The Hall–Kier alpha value is -0.100. The fraction of sp³-hybridized carbons (Fsp3) is 0.625. The molecule has 1 saturated carbocycles. The third-order valence-electron chi connectivity index (χ3n) is 2.64. The topological polar surface area (TPSA) is 32.3 Å². The number of carbonyl (C=O) groups excluding carboxylic acids is 1. The van der Waals surface area contributed by atoms with Crippen LogP contribution in [-0.4, -0.2) is 28.2 Å². The Labute approximate surface area is 85.7 Å². The minimum Gasteiger partial charge on any atom is -0.349 e. The van der Waals surface area contributed by atoms with Crippen molar-refractivity contribution in [2.45, 2.75) is 6.04 Å². The average molecular weight is 278 g/mol. The summed E-state index contributed by atoms with van der Waals surface area (Å²) < 4.78 is 2.28. The molecule has 2 atom stereocenters. The van der Waals surface area contributed by atoms with Gasteiger partial charge in [-0.2, -0.15) is 0 Å². The molecule has 0 aromatic carbocycles. The normalized spacial score (nSPS) is 38.9. The van der Waals surface area contributed by atoms with E-state index >= 15 is 0 Å². The van der Waals surface area contributed by atoms with Crippen LogP contribution in [0.5, 0.6) is 0 Å². The molecule has 0 aromatic heterocycles. The first kappa shape index (κ1) is 8.50. The van der Waals surface area contributed by atoms with Crippen LogP contribution in [0.15, 0.2) is 12.7 Å². The lowest BCUT2D eigenvalue weighted by Crippen LogP contribution is -2.30. The van der Waals surface area contributed by atoms with E-state index in [-0.39, 0.29) is 5.91 Å². The Morgan fingerprint density at radius 2 is 2.17 bits per heavy atom. The highest BCUT2D eigenvalue weighted by molar-refractivity contribution is 14.1. The molecule has 1 N–H and O–H groups in total. The van der Waals surface area contributed by atoms with Crippen molar-refractivity contribution in [2.24, 2.45) is 11.8 Å². The summed E-state index contributed by atoms with van der Waals surface area (Å²) >= 11 is 2.33. The fourth-order valence-electron chi connectivity index (χ4n) is 1.91. The van der Waals surface area contributed by atoms with Crippen LogP contribution in [0, 0.1) is 11.8 Å². The number of hydrogen-bond donors (Lipinski definition) is 1. The monoisotopic (exact) mass is 278 g/mol. The smallest absolute Gasteiger partial charge is 0.243 e. The molecule has 2 fully saturated rings. The molecule has 12 heavy (non-hydrogen) atoms. The van der Waals surface area contributed by atoms with Gasteiger partial charge >= 0.3 is 0 Å². The van der Waals surface area contributed by atoms with E-state index in [1.807, 2.05) is 0 Å². The molecular weight excluding hydrogens is 267 g/mol. The second-order valence-corrected chi connectivity index (χ2v) is 4.76. The van der Waals surface area contributed by atoms with E-state index in [1.165, 1.54) is 6.08 Å². The maximum Gasteiger partial charge on any atom is 0.243 e. The molecule has 3 nitrogen and oxygen atoms in total. The van der Waals surface area contributed by atoms with Gasteiger partial charge in [-0.15, -0.1) is 0 Å². The minimum absolute atomic E-state index is 0.0330. The molecule has 66 valence electrons. The Morgan fingerprint density at radius 3 is 2.67 bits per heavy atom. The molecule has 0 spiro atoms. The highest BCUT2D eigenvalue weighted by Gasteiger charge is 2.55. The zero-order valence-electron chi connectivity index (χ0n) is 6.66. The largest absolute Gasteiger partial charge is 0.349 e. The quantitative estimate of drug-likeness (QED) is 0.455. The van der Waals surface area contributed by atoms with E-state index in [2.05, 4.69) is 37.9 Å². The first-order chi connectivity index (χ1) is 5.72. The predicted molar refractivity (Wildman–Crippen MR) is 54.7 cm³/mol. The van der Waals surface area contributed by atoms with Crippen LogP contribution in [0.1, 0.15) is 0 Å². The number of piperidine rings is 1. The summed E-state index contributed by atoms with van der Waals surface area (Å²) in [6, 6.07) is 0.432. The third kappa shape index (κ3) is 1.37. The SMILES string of the molecule is C=CC(=O)NC1C2CN(I)CC21. The Balaban J connectivity index is 1.82. The number of amides is 1. The standard InChI is InChI=1S/C8H11IN2O/c1-2-7(12)10-8-5-3-11(9)4-6(5)8/h2,5-6,8H,1,3-4H2,(H,10,12). The highest BCUT2D eigenvalue weighted by atomic mass is 127. The van der Waals surface area contributed by atoms with Gasteiger partial charge in [0.05, 0.1) is 0 Å². The lowest BCUT2D eigenvalue weighted by Gasteiger charge is -2.10. The van der Waals surface area contributed by atoms with Crippen LogP contribution in [0.3, 0.4) is 0 Å². The summed E-state index contributed by atoms with van der Waals surface area (Å²) in [7, 11) is 0. The van der Waals surface area contributed by atoms with Crippen molar-refractivity contribution in [2.75, 3.05) is 13.1 Å². The van der Waals surface area contributed by atoms with Crippen LogP contribution in [0.2, 0.25) is 0 Å². The molecule has 2 rings (SSSR count). The number of fused-ring (bicyclic) bond motifs is 1. The van der Waals surface area contributed by atoms with Gasteiger partial charge in [0.25, 0.3) is 0 Å². The van der Waals surface area contributed by atoms with E-state index < -0.39 is 0 Å². The average Bonchev–Trinajstić information content (AvgIpc) is 2.51. The van der Waals surface area contributed by atoms with E-state index in [4.69, 9.17) is 0 Å². The van der Waals surface area contributed by atoms with Crippen molar-refractivity contribution in [1.29, 1.82) is 0 Å². The number of rotatable bonds is 2. The highest BCUT2D eigenvalue weighted by Crippen LogP contribution is 2.46. The Bertz CT molecular complexity index is 219. The number of nitrogens with zero attached hydrogens (tertiary/aromatic N) is 1. The molecule has 1 amide bonds. The van der Waals surface area contributed by atoms with Gasteiger partial charge in [0.2, 0.25) is 5.91 Å². The maximum atomic E-state index is 10.9. The second kappa shape index (κ2) is 2.99.